The SMILES string of the molecule is CCCN1CC=C[C@@]2(CC)O[C@]34C=CCN(Cn5nnc6ccccc65)C(=O)C3N([C@H](C)CO)C(=O)[C@@H]4[C@H]2C1=O. The summed E-state index contributed by atoms with van der Waals surface area (Å²) in [5.74, 6) is -2.45. The van der Waals surface area contributed by atoms with Crippen molar-refractivity contribution in [2.75, 3.05) is 26.2 Å². The van der Waals surface area contributed by atoms with Crippen LogP contribution in [0.4, 0.5) is 0 Å². The van der Waals surface area contributed by atoms with Gasteiger partial charge < -0.3 is 24.5 Å². The lowest BCUT2D eigenvalue weighted by molar-refractivity contribution is -0.157. The molecule has 1 N–H and O–H groups in total. The summed E-state index contributed by atoms with van der Waals surface area (Å²) in [6, 6.07) is 5.83. The average molecular weight is 549 g/mol. The molecule has 1 aromatic carbocycles. The summed E-state index contributed by atoms with van der Waals surface area (Å²) in [5, 5.41) is 18.6. The summed E-state index contributed by atoms with van der Waals surface area (Å²) >= 11 is 0. The van der Waals surface area contributed by atoms with Crippen LogP contribution in [0.1, 0.15) is 33.6 Å². The lowest BCUT2D eigenvalue weighted by Crippen LogP contribution is -2.58. The van der Waals surface area contributed by atoms with E-state index in [4.69, 9.17) is 4.74 Å². The second-order valence-electron chi connectivity index (χ2n) is 11.3. The number of ether oxygens (including phenoxy) is 1. The third kappa shape index (κ3) is 3.67. The molecule has 1 unspecified atom stereocenters. The lowest BCUT2D eigenvalue weighted by Gasteiger charge is -2.40. The van der Waals surface area contributed by atoms with Crippen LogP contribution < -0.4 is 0 Å². The number of carbonyl (C=O) groups excluding carboxylic acids is 3. The Morgan fingerprint density at radius 2 is 1.77 bits per heavy atom. The maximum absolute atomic E-state index is 14.5. The molecule has 2 aromatic rings. The number of benzene rings is 1. The highest BCUT2D eigenvalue weighted by Gasteiger charge is 2.75. The fourth-order valence-corrected chi connectivity index (χ4v) is 7.14. The summed E-state index contributed by atoms with van der Waals surface area (Å²) in [6.45, 7) is 6.79. The maximum atomic E-state index is 14.5. The Morgan fingerprint density at radius 1 is 1.02 bits per heavy atom. The largest absolute Gasteiger partial charge is 0.394 e. The second kappa shape index (κ2) is 9.81. The van der Waals surface area contributed by atoms with Gasteiger partial charge in [-0.1, -0.05) is 55.5 Å². The van der Waals surface area contributed by atoms with E-state index < -0.39 is 35.1 Å². The zero-order chi connectivity index (χ0) is 28.2. The van der Waals surface area contributed by atoms with Gasteiger partial charge in [-0.25, -0.2) is 4.68 Å². The number of aromatic nitrogens is 3. The van der Waals surface area contributed by atoms with E-state index in [1.807, 2.05) is 62.4 Å². The number of aliphatic hydroxyl groups is 1. The summed E-state index contributed by atoms with van der Waals surface area (Å²) in [7, 11) is 0. The first-order valence-electron chi connectivity index (χ1n) is 14.2. The van der Waals surface area contributed by atoms with Crippen LogP contribution in [-0.4, -0.2) is 102 Å². The van der Waals surface area contributed by atoms with Crippen LogP contribution in [0.2, 0.25) is 0 Å². The molecule has 5 heterocycles. The highest BCUT2D eigenvalue weighted by atomic mass is 16.5. The second-order valence-corrected chi connectivity index (χ2v) is 11.3. The van der Waals surface area contributed by atoms with Crippen molar-refractivity contribution < 1.29 is 24.2 Å². The number of likely N-dealkylation sites (tertiary alicyclic amines) is 1. The molecule has 11 heteroatoms. The number of fused-ring (bicyclic) bond motifs is 3. The van der Waals surface area contributed by atoms with Gasteiger partial charge in [-0.15, -0.1) is 5.10 Å². The molecule has 40 heavy (non-hydrogen) atoms. The van der Waals surface area contributed by atoms with Gasteiger partial charge >= 0.3 is 0 Å². The lowest BCUT2D eigenvalue weighted by atomic mass is 9.73. The Kier molecular flexibility index (Phi) is 6.53. The van der Waals surface area contributed by atoms with E-state index in [-0.39, 0.29) is 37.5 Å². The Balaban J connectivity index is 1.45. The summed E-state index contributed by atoms with van der Waals surface area (Å²) in [4.78, 5) is 47.8. The fraction of sp³-hybridized carbons (Fsp3) is 0.552. The van der Waals surface area contributed by atoms with Crippen molar-refractivity contribution in [3.05, 3.63) is 48.6 Å². The molecule has 0 radical (unpaired) electrons. The number of aliphatic hydroxyl groups excluding tert-OH is 1. The van der Waals surface area contributed by atoms with Gasteiger partial charge in [0, 0.05) is 19.6 Å². The van der Waals surface area contributed by atoms with Crippen molar-refractivity contribution in [3.8, 4) is 0 Å². The van der Waals surface area contributed by atoms with Gasteiger partial charge in [0.05, 0.1) is 35.6 Å². The number of amides is 3. The molecule has 6 rings (SSSR count). The Morgan fingerprint density at radius 3 is 2.52 bits per heavy atom. The zero-order valence-electron chi connectivity index (χ0n) is 23.1. The van der Waals surface area contributed by atoms with Gasteiger partial charge in [-0.05, 0) is 31.9 Å². The predicted octanol–water partition coefficient (Wildman–Crippen LogP) is 1.34. The first kappa shape index (κ1) is 26.6. The molecule has 212 valence electrons. The first-order chi connectivity index (χ1) is 19.3. The van der Waals surface area contributed by atoms with Crippen molar-refractivity contribution in [2.24, 2.45) is 11.8 Å². The molecule has 1 aromatic heterocycles. The van der Waals surface area contributed by atoms with Gasteiger partial charge in [0.15, 0.2) is 0 Å². The van der Waals surface area contributed by atoms with Crippen LogP contribution in [0.15, 0.2) is 48.6 Å². The van der Waals surface area contributed by atoms with Gasteiger partial charge in [0.25, 0.3) is 5.91 Å². The molecule has 0 bridgehead atoms. The van der Waals surface area contributed by atoms with E-state index in [0.717, 1.165) is 17.5 Å². The van der Waals surface area contributed by atoms with Crippen LogP contribution in [-0.2, 0) is 25.8 Å². The summed E-state index contributed by atoms with van der Waals surface area (Å²) in [6.07, 6.45) is 8.84. The molecule has 2 saturated heterocycles. The molecular formula is C29H36N6O5. The molecule has 0 aliphatic carbocycles. The Labute approximate surface area is 233 Å². The molecular weight excluding hydrogens is 512 g/mol. The van der Waals surface area contributed by atoms with Gasteiger partial charge in [0.2, 0.25) is 11.8 Å². The molecule has 1 spiro atoms. The van der Waals surface area contributed by atoms with Gasteiger partial charge in [-0.2, -0.15) is 0 Å². The van der Waals surface area contributed by atoms with Crippen molar-refractivity contribution in [1.82, 2.24) is 29.7 Å². The minimum Gasteiger partial charge on any atom is -0.394 e. The predicted molar refractivity (Wildman–Crippen MR) is 145 cm³/mol. The van der Waals surface area contributed by atoms with Crippen molar-refractivity contribution in [3.63, 3.8) is 0 Å². The maximum Gasteiger partial charge on any atom is 0.250 e. The molecule has 4 aliphatic rings. The standard InChI is InChI=1S/C29H36N6O5/c1-4-14-32-15-8-12-28(5-2)22(25(32)37)23-26(38)35(19(3)17-36)24-27(39)33(16-9-13-29(23,24)40-28)18-34-21-11-7-6-10-20(21)30-31-34/h6-13,19,22-24,36H,4-5,14-18H2,1-3H3/t19-,22+,23+,24?,28-,29+/m1/s1. The summed E-state index contributed by atoms with van der Waals surface area (Å²) < 4.78 is 8.61. The number of hydrogen-bond acceptors (Lipinski definition) is 7. The van der Waals surface area contributed by atoms with Crippen LogP contribution in [0.3, 0.4) is 0 Å². The van der Waals surface area contributed by atoms with Crippen molar-refractivity contribution >= 4 is 28.8 Å². The average Bonchev–Trinajstić information content (AvgIpc) is 3.51. The molecule has 11 nitrogen and oxygen atoms in total. The van der Waals surface area contributed by atoms with Crippen molar-refractivity contribution in [2.45, 2.75) is 63.6 Å². The molecule has 3 amide bonds. The summed E-state index contributed by atoms with van der Waals surface area (Å²) in [5.41, 5.74) is -0.869. The molecule has 2 fully saturated rings. The number of hydrogen-bond donors (Lipinski definition) is 1. The number of nitrogens with zero attached hydrogens (tertiary/aromatic N) is 6. The highest BCUT2D eigenvalue weighted by Crippen LogP contribution is 2.58. The minimum absolute atomic E-state index is 0.127. The van der Waals surface area contributed by atoms with Crippen LogP contribution in [0.25, 0.3) is 11.0 Å². The van der Waals surface area contributed by atoms with Crippen LogP contribution in [0.5, 0.6) is 0 Å². The molecule has 0 saturated carbocycles. The fourth-order valence-electron chi connectivity index (χ4n) is 7.14. The van der Waals surface area contributed by atoms with Gasteiger partial charge in [0.1, 0.15) is 23.8 Å². The number of para-hydroxylation sites is 1. The third-order valence-corrected chi connectivity index (χ3v) is 9.00. The monoisotopic (exact) mass is 548 g/mol. The highest BCUT2D eigenvalue weighted by molar-refractivity contribution is 6.00. The van der Waals surface area contributed by atoms with Gasteiger partial charge in [-0.3, -0.25) is 14.4 Å². The first-order valence-corrected chi connectivity index (χ1v) is 14.2. The van der Waals surface area contributed by atoms with E-state index in [0.29, 0.717) is 19.5 Å². The van der Waals surface area contributed by atoms with Crippen LogP contribution >= 0.6 is 0 Å². The van der Waals surface area contributed by atoms with E-state index in [1.54, 1.807) is 21.4 Å². The van der Waals surface area contributed by atoms with Crippen LogP contribution in [0, 0.1) is 11.8 Å². The smallest absolute Gasteiger partial charge is 0.250 e. The third-order valence-electron chi connectivity index (χ3n) is 9.00. The van der Waals surface area contributed by atoms with Crippen molar-refractivity contribution in [1.29, 1.82) is 0 Å². The Hall–Kier alpha value is -3.57. The normalized spacial score (nSPS) is 32.4. The topological polar surface area (TPSA) is 121 Å². The van der Waals surface area contributed by atoms with E-state index in [9.17, 15) is 19.5 Å². The number of carbonyl (C=O) groups is 3. The van der Waals surface area contributed by atoms with E-state index in [1.165, 1.54) is 4.90 Å². The zero-order valence-corrected chi connectivity index (χ0v) is 23.1. The Bertz CT molecular complexity index is 1400. The van der Waals surface area contributed by atoms with E-state index in [2.05, 4.69) is 10.3 Å². The quantitative estimate of drug-likeness (QED) is 0.519. The molecule has 4 aliphatic heterocycles. The van der Waals surface area contributed by atoms with E-state index >= 15 is 0 Å². The number of rotatable bonds is 7. The minimum atomic E-state index is -1.35. The molecule has 6 atom stereocenters.